The predicted molar refractivity (Wildman–Crippen MR) is 162 cm³/mol. The Kier molecular flexibility index (Phi) is 14.6. The van der Waals surface area contributed by atoms with Crippen molar-refractivity contribution in [2.24, 2.45) is 0 Å². The molecule has 0 radical (unpaired) electrons. The molecule has 0 spiro atoms. The molecule has 0 fully saturated rings. The van der Waals surface area contributed by atoms with Crippen LogP contribution in [-0.4, -0.2) is 62.3 Å². The van der Waals surface area contributed by atoms with Gasteiger partial charge < -0.3 is 19.5 Å². The van der Waals surface area contributed by atoms with Crippen molar-refractivity contribution in [3.05, 3.63) is 65.7 Å². The zero-order valence-electron chi connectivity index (χ0n) is 25.2. The van der Waals surface area contributed by atoms with Gasteiger partial charge in [0.25, 0.3) is 0 Å². The summed E-state index contributed by atoms with van der Waals surface area (Å²) in [6.07, 6.45) is 3.61. The number of nitrogens with one attached hydrogen (secondary N) is 2. The van der Waals surface area contributed by atoms with E-state index in [9.17, 15) is 9.59 Å². The maximum Gasteiger partial charge on any atom is 0.422 e. The number of carbonyl (C=O) groups excluding carboxylic acids is 2. The lowest BCUT2D eigenvalue weighted by Crippen LogP contribution is -2.54. The first-order valence-electron chi connectivity index (χ1n) is 14.5. The van der Waals surface area contributed by atoms with Gasteiger partial charge in [0.05, 0.1) is 18.8 Å². The van der Waals surface area contributed by atoms with E-state index in [-0.39, 0.29) is 11.8 Å². The summed E-state index contributed by atoms with van der Waals surface area (Å²) in [6.45, 7) is 11.8. The lowest BCUT2D eigenvalue weighted by Gasteiger charge is -2.34. The number of rotatable bonds is 17. The number of hydrogen-bond acceptors (Lipinski definition) is 6. The second-order valence-electron chi connectivity index (χ2n) is 11.1. The highest BCUT2D eigenvalue weighted by molar-refractivity contribution is 6.57. The minimum absolute atomic E-state index is 0.136. The van der Waals surface area contributed by atoms with Crippen LogP contribution in [0.5, 0.6) is 5.75 Å². The van der Waals surface area contributed by atoms with Crippen molar-refractivity contribution in [3.8, 4) is 5.75 Å². The Morgan fingerprint density at radius 3 is 2.17 bits per heavy atom. The molecule has 0 aliphatic rings. The molecule has 2 atom stereocenters. The molecule has 0 aliphatic carbocycles. The van der Waals surface area contributed by atoms with Gasteiger partial charge in [-0.05, 0) is 63.3 Å². The average Bonchev–Trinajstić information content (AvgIpc) is 2.88. The maximum atomic E-state index is 12.8. The fourth-order valence-corrected chi connectivity index (χ4v) is 4.12. The second-order valence-corrected chi connectivity index (χ2v) is 11.1. The molecule has 0 bridgehead atoms. The monoisotopic (exact) mass is 553 g/mol. The van der Waals surface area contributed by atoms with Gasteiger partial charge in [0.15, 0.2) is 5.81 Å². The van der Waals surface area contributed by atoms with E-state index < -0.39 is 17.8 Å². The Morgan fingerprint density at radius 1 is 0.925 bits per heavy atom. The van der Waals surface area contributed by atoms with Crippen LogP contribution in [0.4, 0.5) is 9.59 Å². The summed E-state index contributed by atoms with van der Waals surface area (Å²) in [5.74, 6) is 0.697. The first-order chi connectivity index (χ1) is 19.1. The standard InChI is InChI=1S/C31H48BN3O5/c1-6-8-19-38-26-17-15-24(16-18-26)21-27(33-29(32)36)28(39-20-9-7-2)23-35(22-25-13-11-10-12-14-25)34-30(37)40-31(3,4)5/h10-18,27-28H,6-9,19-23,32H2,1-5H3,(H,33,36)(H,34,37)/t27-,28-/m1/s1. The van der Waals surface area contributed by atoms with E-state index in [1.807, 2.05) is 75.4 Å². The Bertz CT molecular complexity index is 998. The van der Waals surface area contributed by atoms with Crippen LogP contribution >= 0.6 is 0 Å². The van der Waals surface area contributed by atoms with Gasteiger partial charge in [-0.25, -0.2) is 9.80 Å². The Balaban J connectivity index is 2.27. The first kappa shape index (κ1) is 33.2. The normalized spacial score (nSPS) is 12.9. The van der Waals surface area contributed by atoms with Gasteiger partial charge in [-0.3, -0.25) is 10.2 Å². The summed E-state index contributed by atoms with van der Waals surface area (Å²) < 4.78 is 17.7. The summed E-state index contributed by atoms with van der Waals surface area (Å²) in [5, 5.41) is 4.91. The smallest absolute Gasteiger partial charge is 0.422 e. The highest BCUT2D eigenvalue weighted by Gasteiger charge is 2.28. The number of hydrazine groups is 1. The minimum Gasteiger partial charge on any atom is -0.494 e. The topological polar surface area (TPSA) is 89.1 Å². The van der Waals surface area contributed by atoms with Crippen molar-refractivity contribution < 1.29 is 23.8 Å². The molecule has 0 aliphatic heterocycles. The van der Waals surface area contributed by atoms with Crippen LogP contribution in [-0.2, 0) is 22.4 Å². The molecule has 8 nitrogen and oxygen atoms in total. The van der Waals surface area contributed by atoms with Crippen molar-refractivity contribution in [1.82, 2.24) is 15.8 Å². The molecule has 2 N–H and O–H groups in total. The molecular formula is C31H48BN3O5. The number of benzene rings is 2. The predicted octanol–water partition coefficient (Wildman–Crippen LogP) is 5.25. The largest absolute Gasteiger partial charge is 0.494 e. The molecule has 0 unspecified atom stereocenters. The van der Waals surface area contributed by atoms with Gasteiger partial charge >= 0.3 is 6.09 Å². The molecule has 40 heavy (non-hydrogen) atoms. The fourth-order valence-electron chi connectivity index (χ4n) is 4.12. The van der Waals surface area contributed by atoms with Crippen LogP contribution in [0.2, 0.25) is 0 Å². The molecule has 0 aromatic heterocycles. The van der Waals surface area contributed by atoms with E-state index in [0.717, 1.165) is 42.6 Å². The molecule has 0 heterocycles. The van der Waals surface area contributed by atoms with E-state index in [0.29, 0.717) is 32.7 Å². The summed E-state index contributed by atoms with van der Waals surface area (Å²) in [5.41, 5.74) is 4.36. The highest BCUT2D eigenvalue weighted by atomic mass is 16.6. The van der Waals surface area contributed by atoms with Crippen LogP contribution in [0.15, 0.2) is 54.6 Å². The minimum atomic E-state index is -0.634. The first-order valence-corrected chi connectivity index (χ1v) is 14.5. The molecule has 2 rings (SSSR count). The van der Waals surface area contributed by atoms with Crippen molar-refractivity contribution in [1.29, 1.82) is 0 Å². The molecule has 2 aromatic carbocycles. The maximum absolute atomic E-state index is 12.8. The molecular weight excluding hydrogens is 505 g/mol. The Morgan fingerprint density at radius 2 is 1.57 bits per heavy atom. The molecule has 2 aromatic rings. The summed E-state index contributed by atoms with van der Waals surface area (Å²) in [6, 6.07) is 17.6. The van der Waals surface area contributed by atoms with Gasteiger partial charge in [0.2, 0.25) is 7.85 Å². The van der Waals surface area contributed by atoms with E-state index >= 15 is 0 Å². The third-order valence-corrected chi connectivity index (χ3v) is 6.08. The number of unbranched alkanes of at least 4 members (excludes halogenated alkanes) is 2. The van der Waals surface area contributed by atoms with Crippen LogP contribution in [0.3, 0.4) is 0 Å². The van der Waals surface area contributed by atoms with E-state index in [4.69, 9.17) is 14.2 Å². The van der Waals surface area contributed by atoms with Crippen molar-refractivity contribution >= 4 is 19.7 Å². The molecule has 9 heteroatoms. The lowest BCUT2D eigenvalue weighted by atomic mass is 9.98. The molecule has 2 amide bonds. The molecule has 0 saturated heterocycles. The van der Waals surface area contributed by atoms with Gasteiger partial charge in [-0.1, -0.05) is 69.2 Å². The van der Waals surface area contributed by atoms with Gasteiger partial charge in [0, 0.05) is 19.7 Å². The number of ether oxygens (including phenoxy) is 3. The quantitative estimate of drug-likeness (QED) is 0.158. The SMILES string of the molecule is BC(=O)N[C@H](Cc1ccc(OCCCC)cc1)[C@@H](CN(Cc1ccccc1)NC(=O)OC(C)(C)C)OCCCC. The van der Waals surface area contributed by atoms with Crippen LogP contribution in [0.25, 0.3) is 0 Å². The zero-order chi connectivity index (χ0) is 29.4. The van der Waals surface area contributed by atoms with E-state index in [1.54, 1.807) is 5.01 Å². The van der Waals surface area contributed by atoms with Crippen LogP contribution in [0.1, 0.15) is 71.4 Å². The van der Waals surface area contributed by atoms with Crippen molar-refractivity contribution in [2.75, 3.05) is 19.8 Å². The number of hydrogen-bond donors (Lipinski definition) is 2. The third kappa shape index (κ3) is 13.9. The number of carbonyl (C=O) groups is 2. The van der Waals surface area contributed by atoms with E-state index in [2.05, 4.69) is 24.6 Å². The van der Waals surface area contributed by atoms with Crippen molar-refractivity contribution in [2.45, 2.75) is 91.0 Å². The van der Waals surface area contributed by atoms with Crippen molar-refractivity contribution in [3.63, 3.8) is 0 Å². The zero-order valence-corrected chi connectivity index (χ0v) is 25.2. The summed E-state index contributed by atoms with van der Waals surface area (Å²) in [7, 11) is 1.52. The second kappa shape index (κ2) is 17.6. The number of amides is 2. The van der Waals surface area contributed by atoms with E-state index in [1.165, 1.54) is 7.85 Å². The third-order valence-electron chi connectivity index (χ3n) is 6.08. The summed E-state index contributed by atoms with van der Waals surface area (Å²) in [4.78, 5) is 25.1. The fraction of sp³-hybridized carbons (Fsp3) is 0.548. The Labute approximate surface area is 241 Å². The summed E-state index contributed by atoms with van der Waals surface area (Å²) >= 11 is 0. The highest BCUT2D eigenvalue weighted by Crippen LogP contribution is 2.17. The van der Waals surface area contributed by atoms with Crippen LogP contribution < -0.4 is 15.5 Å². The molecule has 0 saturated carbocycles. The number of nitrogens with zero attached hydrogens (tertiary/aromatic N) is 1. The molecule has 220 valence electrons. The van der Waals surface area contributed by atoms with Crippen LogP contribution in [0, 0.1) is 0 Å². The average molecular weight is 554 g/mol. The van der Waals surface area contributed by atoms with Gasteiger partial charge in [-0.2, -0.15) is 0 Å². The lowest BCUT2D eigenvalue weighted by molar-refractivity contribution is -0.0170. The van der Waals surface area contributed by atoms with Gasteiger partial charge in [0.1, 0.15) is 11.4 Å². The van der Waals surface area contributed by atoms with Gasteiger partial charge in [-0.15, -0.1) is 0 Å². The Hall–Kier alpha value is -3.04.